The molecule has 0 radical (unpaired) electrons. The molecule has 0 aromatic carbocycles. The summed E-state index contributed by atoms with van der Waals surface area (Å²) in [6.45, 7) is 4.67. The summed E-state index contributed by atoms with van der Waals surface area (Å²) >= 11 is 0. The van der Waals surface area contributed by atoms with Crippen LogP contribution < -0.4 is 0 Å². The number of hydrogen-bond acceptors (Lipinski definition) is 7. The van der Waals surface area contributed by atoms with Crippen LogP contribution in [0.25, 0.3) is 0 Å². The molecule has 1 aliphatic heterocycles. The van der Waals surface area contributed by atoms with Crippen molar-refractivity contribution < 1.29 is 27.2 Å². The Morgan fingerprint density at radius 2 is 2.04 bits per heavy atom. The van der Waals surface area contributed by atoms with E-state index in [1.807, 2.05) is 11.0 Å². The molecule has 1 aliphatic rings. The fourth-order valence-electron chi connectivity index (χ4n) is 2.28. The Morgan fingerprint density at radius 3 is 2.65 bits per heavy atom. The van der Waals surface area contributed by atoms with Crippen LogP contribution in [0.4, 0.5) is 0 Å². The van der Waals surface area contributed by atoms with Crippen molar-refractivity contribution in [3.05, 3.63) is 12.2 Å². The summed E-state index contributed by atoms with van der Waals surface area (Å²) < 4.78 is 43.4. The number of carbonyl (C=O) groups excluding carboxylic acids is 1. The molecule has 0 amide bonds. The molecule has 0 bridgehead atoms. The van der Waals surface area contributed by atoms with E-state index < -0.39 is 27.9 Å². The Bertz CT molecular complexity index is 470. The fourth-order valence-corrected chi connectivity index (χ4v) is 2.91. The highest BCUT2D eigenvalue weighted by Crippen LogP contribution is 2.06. The van der Waals surface area contributed by atoms with Crippen molar-refractivity contribution in [1.29, 1.82) is 0 Å². The summed E-state index contributed by atoms with van der Waals surface area (Å²) in [4.78, 5) is 13.7. The molecule has 134 valence electrons. The quantitative estimate of drug-likeness (QED) is 0.251. The molecule has 1 fully saturated rings. The van der Waals surface area contributed by atoms with E-state index in [1.165, 1.54) is 0 Å². The molecule has 1 saturated heterocycles. The van der Waals surface area contributed by atoms with Crippen LogP contribution in [0.3, 0.4) is 0 Å². The summed E-state index contributed by atoms with van der Waals surface area (Å²) in [7, 11) is -4.46. The van der Waals surface area contributed by atoms with Gasteiger partial charge >= 0.3 is 5.97 Å². The minimum Gasteiger partial charge on any atom is -0.748 e. The van der Waals surface area contributed by atoms with Gasteiger partial charge in [-0.25, -0.2) is 8.42 Å². The van der Waals surface area contributed by atoms with Crippen LogP contribution in [0, 0.1) is 0 Å². The lowest BCUT2D eigenvalue weighted by atomic mass is 10.2. The number of ether oxygens (including phenoxy) is 2. The number of rotatable bonds is 10. The van der Waals surface area contributed by atoms with Gasteiger partial charge in [0.2, 0.25) is 0 Å². The molecule has 0 saturated carbocycles. The normalized spacial score (nSPS) is 18.2. The minimum absolute atomic E-state index is 0.0855. The van der Waals surface area contributed by atoms with Gasteiger partial charge in [-0.15, -0.1) is 0 Å². The molecule has 8 heteroatoms. The Hall–Kier alpha value is -0.960. The highest BCUT2D eigenvalue weighted by molar-refractivity contribution is 7.85. The first-order valence-corrected chi connectivity index (χ1v) is 9.56. The van der Waals surface area contributed by atoms with Gasteiger partial charge in [0.1, 0.15) is 6.10 Å². The van der Waals surface area contributed by atoms with Gasteiger partial charge in [0, 0.05) is 19.6 Å². The number of allylic oxidation sites excluding steroid dienone is 1. The lowest BCUT2D eigenvalue weighted by Crippen LogP contribution is -2.44. The first-order valence-electron chi connectivity index (χ1n) is 7.99. The third-order valence-corrected chi connectivity index (χ3v) is 4.21. The van der Waals surface area contributed by atoms with Gasteiger partial charge in [0.25, 0.3) is 0 Å². The van der Waals surface area contributed by atoms with E-state index in [-0.39, 0.29) is 13.0 Å². The topological polar surface area (TPSA) is 96.0 Å². The number of carbonyl (C=O) groups is 1. The third kappa shape index (κ3) is 10.4. The molecular weight excluding hydrogens is 322 g/mol. The average Bonchev–Trinajstić information content (AvgIpc) is 2.46. The van der Waals surface area contributed by atoms with E-state index in [0.717, 1.165) is 19.3 Å². The zero-order chi connectivity index (χ0) is 17.1. The first-order chi connectivity index (χ1) is 10.9. The Labute approximate surface area is 138 Å². The number of nitrogens with zero attached hydrogens (tertiary/aromatic N) is 1. The lowest BCUT2D eigenvalue weighted by molar-refractivity contribution is -0.148. The molecule has 0 aliphatic carbocycles. The van der Waals surface area contributed by atoms with Gasteiger partial charge in [0.05, 0.1) is 35.5 Å². The molecule has 1 rings (SSSR count). The summed E-state index contributed by atoms with van der Waals surface area (Å²) in [5.74, 6) is -1.21. The van der Waals surface area contributed by atoms with Crippen LogP contribution >= 0.6 is 0 Å². The maximum atomic E-state index is 11.8. The average molecular weight is 348 g/mol. The molecule has 7 nitrogen and oxygen atoms in total. The van der Waals surface area contributed by atoms with Crippen LogP contribution in [0.1, 0.15) is 32.6 Å². The molecule has 0 aromatic heterocycles. The summed E-state index contributed by atoms with van der Waals surface area (Å²) in [5, 5.41) is 0. The van der Waals surface area contributed by atoms with Gasteiger partial charge in [0.15, 0.2) is 0 Å². The fraction of sp³-hybridized carbons (Fsp3) is 0.800. The number of hydrogen-bond donors (Lipinski definition) is 0. The van der Waals surface area contributed by atoms with Gasteiger partial charge in [-0.1, -0.05) is 31.9 Å². The molecule has 1 unspecified atom stereocenters. The maximum Gasteiger partial charge on any atom is 0.309 e. The maximum absolute atomic E-state index is 11.8. The number of esters is 1. The molecule has 0 spiro atoms. The Kier molecular flexibility index (Phi) is 9.39. The number of morpholine rings is 1. The smallest absolute Gasteiger partial charge is 0.309 e. The number of unbranched alkanes of at least 4 members (excludes halogenated alkanes) is 2. The largest absolute Gasteiger partial charge is 0.748 e. The van der Waals surface area contributed by atoms with Crippen LogP contribution in [0.2, 0.25) is 0 Å². The van der Waals surface area contributed by atoms with Crippen LogP contribution in [0.15, 0.2) is 12.2 Å². The molecular formula is C15H26NO6S-. The second-order valence-corrected chi connectivity index (χ2v) is 7.02. The van der Waals surface area contributed by atoms with E-state index in [4.69, 9.17) is 9.47 Å². The lowest BCUT2D eigenvalue weighted by Gasteiger charge is -2.30. The third-order valence-electron chi connectivity index (χ3n) is 3.43. The molecule has 23 heavy (non-hydrogen) atoms. The monoisotopic (exact) mass is 348 g/mol. The molecule has 1 atom stereocenters. The van der Waals surface area contributed by atoms with Gasteiger partial charge < -0.3 is 14.0 Å². The first kappa shape index (κ1) is 20.1. The van der Waals surface area contributed by atoms with Crippen molar-refractivity contribution in [3.63, 3.8) is 0 Å². The summed E-state index contributed by atoms with van der Waals surface area (Å²) in [6.07, 6.45) is 5.81. The standard InChI is InChI=1S/C15H27NO6S/c1-2-3-4-5-6-7-15(17)22-14(13-23(18,19)20)12-16-8-10-21-11-9-16/h5-6,14H,2-4,7-13H2,1H3,(H,18,19,20)/p-1/b6-5-. The van der Waals surface area contributed by atoms with Crippen molar-refractivity contribution in [1.82, 2.24) is 4.90 Å². The predicted molar refractivity (Wildman–Crippen MR) is 85.0 cm³/mol. The van der Waals surface area contributed by atoms with Crippen LogP contribution in [0.5, 0.6) is 0 Å². The highest BCUT2D eigenvalue weighted by Gasteiger charge is 2.22. The van der Waals surface area contributed by atoms with Gasteiger partial charge in [-0.3, -0.25) is 9.69 Å². The van der Waals surface area contributed by atoms with E-state index in [0.29, 0.717) is 26.3 Å². The summed E-state index contributed by atoms with van der Waals surface area (Å²) in [5.41, 5.74) is 0. The second-order valence-electron chi connectivity index (χ2n) is 5.57. The van der Waals surface area contributed by atoms with E-state index in [9.17, 15) is 17.8 Å². The van der Waals surface area contributed by atoms with Crippen molar-refractivity contribution in [2.24, 2.45) is 0 Å². The van der Waals surface area contributed by atoms with Crippen LogP contribution in [-0.2, 0) is 24.4 Å². The van der Waals surface area contributed by atoms with Gasteiger partial charge in [-0.05, 0) is 6.42 Å². The minimum atomic E-state index is -4.46. The molecule has 0 aromatic rings. The summed E-state index contributed by atoms with van der Waals surface area (Å²) in [6, 6.07) is 0. The van der Waals surface area contributed by atoms with Crippen LogP contribution in [-0.4, -0.2) is 68.5 Å². The predicted octanol–water partition coefficient (Wildman–Crippen LogP) is 0.912. The van der Waals surface area contributed by atoms with Gasteiger partial charge in [-0.2, -0.15) is 0 Å². The highest BCUT2D eigenvalue weighted by atomic mass is 32.2. The van der Waals surface area contributed by atoms with E-state index in [2.05, 4.69) is 6.92 Å². The molecule has 1 heterocycles. The second kappa shape index (κ2) is 10.7. The van der Waals surface area contributed by atoms with Crippen molar-refractivity contribution in [3.8, 4) is 0 Å². The van der Waals surface area contributed by atoms with Crippen molar-refractivity contribution >= 4 is 16.1 Å². The van der Waals surface area contributed by atoms with Crippen molar-refractivity contribution in [2.45, 2.75) is 38.7 Å². The molecule has 0 N–H and O–H groups in total. The zero-order valence-electron chi connectivity index (χ0n) is 13.6. The van der Waals surface area contributed by atoms with Crippen molar-refractivity contribution in [2.75, 3.05) is 38.6 Å². The Morgan fingerprint density at radius 1 is 1.35 bits per heavy atom. The van der Waals surface area contributed by atoms with E-state index >= 15 is 0 Å². The SMILES string of the molecule is CCCC/C=C\CC(=O)OC(CN1CCOCC1)CS(=O)(=O)[O-]. The Balaban J connectivity index is 2.47. The van der Waals surface area contributed by atoms with E-state index in [1.54, 1.807) is 6.08 Å². The zero-order valence-corrected chi connectivity index (χ0v) is 14.4.